The van der Waals surface area contributed by atoms with Crippen LogP contribution in [-0.4, -0.2) is 72.2 Å². The van der Waals surface area contributed by atoms with E-state index in [-0.39, 0.29) is 62.6 Å². The highest BCUT2D eigenvalue weighted by Gasteiger charge is 2.12. The molecule has 33 heavy (non-hydrogen) atoms. The SMILES string of the molecule is C.C.CNC(=O)/C(O)=C/C(C)=O.CNC(=O)C(=O)CC(C)=O.CNC(=O)C(O)=CC(C)=O.I. The average molecular weight is 589 g/mol. The van der Waals surface area contributed by atoms with Crippen molar-refractivity contribution in [2.75, 3.05) is 21.1 Å². The van der Waals surface area contributed by atoms with Gasteiger partial charge in [0.25, 0.3) is 17.7 Å². The van der Waals surface area contributed by atoms with Crippen molar-refractivity contribution >= 4 is 64.8 Å². The molecular weight excluding hydrogens is 553 g/mol. The topological polar surface area (TPSA) is 196 Å². The molecule has 0 unspecified atom stereocenters. The first-order valence-corrected chi connectivity index (χ1v) is 8.24. The number of carbonyl (C=O) groups is 7. The number of aliphatic hydroxyl groups is 2. The normalized spacial score (nSPS) is 9.15. The molecule has 0 rings (SSSR count). The zero-order chi connectivity index (χ0) is 24.4. The maximum absolute atomic E-state index is 10.6. The molecular formula is C20H36IN3O9. The Hall–Kier alpha value is -3.10. The van der Waals surface area contributed by atoms with Crippen molar-refractivity contribution in [2.45, 2.75) is 42.0 Å². The summed E-state index contributed by atoms with van der Waals surface area (Å²) < 4.78 is 0. The van der Waals surface area contributed by atoms with Crippen LogP contribution in [0.15, 0.2) is 23.7 Å². The van der Waals surface area contributed by atoms with Crippen molar-refractivity contribution in [1.29, 1.82) is 0 Å². The van der Waals surface area contributed by atoms with E-state index in [1.807, 2.05) is 0 Å². The van der Waals surface area contributed by atoms with E-state index in [0.29, 0.717) is 0 Å². The molecule has 0 saturated heterocycles. The van der Waals surface area contributed by atoms with Crippen LogP contribution >= 0.6 is 24.0 Å². The second-order valence-corrected chi connectivity index (χ2v) is 5.32. The molecule has 0 radical (unpaired) electrons. The summed E-state index contributed by atoms with van der Waals surface area (Å²) in [5, 5.41) is 23.9. The van der Waals surface area contributed by atoms with E-state index in [9.17, 15) is 33.6 Å². The lowest BCUT2D eigenvalue weighted by Gasteiger charge is -1.94. The molecule has 0 bridgehead atoms. The summed E-state index contributed by atoms with van der Waals surface area (Å²) in [6.45, 7) is 3.76. The summed E-state index contributed by atoms with van der Waals surface area (Å²) in [4.78, 5) is 72.7. The Morgan fingerprint density at radius 1 is 0.636 bits per heavy atom. The van der Waals surface area contributed by atoms with Crippen molar-refractivity contribution in [1.82, 2.24) is 16.0 Å². The number of carbonyl (C=O) groups excluding carboxylic acids is 7. The quantitative estimate of drug-likeness (QED) is 0.0934. The average Bonchev–Trinajstić information content (AvgIpc) is 2.65. The van der Waals surface area contributed by atoms with Gasteiger partial charge in [0.15, 0.2) is 23.1 Å². The Bertz CT molecular complexity index is 703. The molecule has 0 fully saturated rings. The first-order valence-electron chi connectivity index (χ1n) is 8.24. The van der Waals surface area contributed by atoms with Crippen LogP contribution in [0.25, 0.3) is 0 Å². The number of hydrogen-bond acceptors (Lipinski definition) is 9. The van der Waals surface area contributed by atoms with Crippen LogP contribution in [0.1, 0.15) is 42.0 Å². The van der Waals surface area contributed by atoms with Gasteiger partial charge in [0.1, 0.15) is 5.78 Å². The largest absolute Gasteiger partial charge is 0.503 e. The number of hydrogen-bond donors (Lipinski definition) is 5. The third kappa shape index (κ3) is 28.9. The van der Waals surface area contributed by atoms with Gasteiger partial charge in [-0.05, 0) is 20.8 Å². The molecule has 192 valence electrons. The molecule has 0 heterocycles. The van der Waals surface area contributed by atoms with Gasteiger partial charge < -0.3 is 26.2 Å². The number of nitrogens with one attached hydrogen (secondary N) is 3. The molecule has 0 spiro atoms. The van der Waals surface area contributed by atoms with E-state index in [1.165, 1.54) is 41.9 Å². The molecule has 3 amide bonds. The van der Waals surface area contributed by atoms with Crippen molar-refractivity contribution in [3.05, 3.63) is 23.7 Å². The fourth-order valence-corrected chi connectivity index (χ4v) is 1.22. The molecule has 0 atom stereocenters. The standard InChI is InChI=1S/3C6H9NO3.2CH4.HI/c3*1-4(8)3-5(9)6(10)7-2;;;/h3H2,1-2H3,(H,7,10);2*3,9H,1-2H3,(H,7,10);2*1H4;1H/b;5-3-;;;;. The summed E-state index contributed by atoms with van der Waals surface area (Å²) in [5.41, 5.74) is 0. The smallest absolute Gasteiger partial charge is 0.287 e. The van der Waals surface area contributed by atoms with Crippen LogP contribution in [-0.2, 0) is 33.6 Å². The minimum atomic E-state index is -0.713. The Labute approximate surface area is 211 Å². The monoisotopic (exact) mass is 589 g/mol. The van der Waals surface area contributed by atoms with Gasteiger partial charge >= 0.3 is 0 Å². The van der Waals surface area contributed by atoms with Gasteiger partial charge in [-0.15, -0.1) is 24.0 Å². The molecule has 0 aliphatic rings. The second-order valence-electron chi connectivity index (χ2n) is 5.32. The van der Waals surface area contributed by atoms with E-state index < -0.39 is 35.0 Å². The highest BCUT2D eigenvalue weighted by molar-refractivity contribution is 14.0. The molecule has 0 aliphatic heterocycles. The van der Waals surface area contributed by atoms with Crippen LogP contribution < -0.4 is 16.0 Å². The van der Waals surface area contributed by atoms with Gasteiger partial charge in [0.05, 0.1) is 6.42 Å². The van der Waals surface area contributed by atoms with Crippen LogP contribution in [0.4, 0.5) is 0 Å². The Kier molecular flexibility index (Phi) is 33.3. The molecule has 0 saturated carbocycles. The van der Waals surface area contributed by atoms with E-state index >= 15 is 0 Å². The lowest BCUT2D eigenvalue weighted by Crippen LogP contribution is -2.28. The number of likely N-dealkylation sites (N-methyl/N-ethyl adjacent to an activating group) is 3. The fraction of sp³-hybridized carbons (Fsp3) is 0.450. The predicted octanol–water partition coefficient (Wildman–Crippen LogP) is 0.697. The van der Waals surface area contributed by atoms with E-state index in [0.717, 1.165) is 12.2 Å². The maximum Gasteiger partial charge on any atom is 0.287 e. The molecule has 5 N–H and O–H groups in total. The van der Waals surface area contributed by atoms with E-state index in [2.05, 4.69) is 16.0 Å². The highest BCUT2D eigenvalue weighted by Crippen LogP contribution is 1.88. The zero-order valence-electron chi connectivity index (χ0n) is 18.0. The number of halogens is 1. The van der Waals surface area contributed by atoms with Crippen LogP contribution in [0.2, 0.25) is 0 Å². The predicted molar refractivity (Wildman–Crippen MR) is 134 cm³/mol. The van der Waals surface area contributed by atoms with Crippen LogP contribution in [0.3, 0.4) is 0 Å². The molecule has 0 aromatic rings. The van der Waals surface area contributed by atoms with Crippen molar-refractivity contribution in [3.63, 3.8) is 0 Å². The van der Waals surface area contributed by atoms with Crippen molar-refractivity contribution in [2.24, 2.45) is 0 Å². The Morgan fingerprint density at radius 2 is 0.909 bits per heavy atom. The number of rotatable bonds is 7. The third-order valence-electron chi connectivity index (χ3n) is 2.49. The van der Waals surface area contributed by atoms with Crippen LogP contribution in [0.5, 0.6) is 0 Å². The molecule has 0 aromatic heterocycles. The number of Topliss-reactive ketones (excluding diaryl/α,β-unsaturated/α-hetero) is 2. The van der Waals surface area contributed by atoms with Gasteiger partial charge in [-0.1, -0.05) is 14.9 Å². The van der Waals surface area contributed by atoms with Crippen LogP contribution in [0, 0.1) is 0 Å². The highest BCUT2D eigenvalue weighted by atomic mass is 127. The Balaban J connectivity index is -0.0000000792. The third-order valence-corrected chi connectivity index (χ3v) is 2.49. The summed E-state index contributed by atoms with van der Waals surface area (Å²) in [6.07, 6.45) is 1.41. The molecule has 12 nitrogen and oxygen atoms in total. The summed E-state index contributed by atoms with van der Waals surface area (Å²) in [5.74, 6) is -4.85. The number of ketones is 4. The molecule has 13 heteroatoms. The van der Waals surface area contributed by atoms with Gasteiger partial charge in [-0.25, -0.2) is 0 Å². The van der Waals surface area contributed by atoms with Crippen molar-refractivity contribution < 1.29 is 43.8 Å². The van der Waals surface area contributed by atoms with E-state index in [4.69, 9.17) is 10.2 Å². The number of allylic oxidation sites excluding steroid dienone is 2. The summed E-state index contributed by atoms with van der Waals surface area (Å²) >= 11 is 0. The maximum atomic E-state index is 10.6. The summed E-state index contributed by atoms with van der Waals surface area (Å²) in [6, 6.07) is 0. The Morgan fingerprint density at radius 3 is 1.09 bits per heavy atom. The minimum Gasteiger partial charge on any atom is -0.503 e. The van der Waals surface area contributed by atoms with Gasteiger partial charge in [0.2, 0.25) is 5.78 Å². The van der Waals surface area contributed by atoms with E-state index in [1.54, 1.807) is 0 Å². The van der Waals surface area contributed by atoms with Gasteiger partial charge in [0, 0.05) is 33.3 Å². The molecule has 0 aromatic carbocycles. The lowest BCUT2D eigenvalue weighted by atomic mass is 10.2. The zero-order valence-corrected chi connectivity index (χ0v) is 20.4. The fourth-order valence-electron chi connectivity index (χ4n) is 1.22. The lowest BCUT2D eigenvalue weighted by molar-refractivity contribution is -0.139. The van der Waals surface area contributed by atoms with Gasteiger partial charge in [-0.3, -0.25) is 33.6 Å². The van der Waals surface area contributed by atoms with Gasteiger partial charge in [-0.2, -0.15) is 0 Å². The minimum absolute atomic E-state index is 0. The molecule has 0 aliphatic carbocycles. The second kappa shape index (κ2) is 25.2. The first-order chi connectivity index (χ1) is 13.7. The first kappa shape index (κ1) is 43.7. The van der Waals surface area contributed by atoms with Crippen molar-refractivity contribution in [3.8, 4) is 0 Å². The number of aliphatic hydroxyl groups excluding tert-OH is 2. The summed E-state index contributed by atoms with van der Waals surface area (Å²) in [7, 11) is 4.08. The number of amides is 3.